The number of nitriles is 1. The van der Waals surface area contributed by atoms with Crippen molar-refractivity contribution < 1.29 is 4.74 Å². The van der Waals surface area contributed by atoms with Gasteiger partial charge < -0.3 is 10.5 Å². The van der Waals surface area contributed by atoms with Crippen LogP contribution >= 0.6 is 0 Å². The highest BCUT2D eigenvalue weighted by Gasteiger charge is 1.96. The van der Waals surface area contributed by atoms with Gasteiger partial charge in [-0.05, 0) is 48.5 Å². The number of hydrogen-bond acceptors (Lipinski definition) is 3. The largest absolute Gasteiger partial charge is 0.457 e. The smallest absolute Gasteiger partial charge is 0.127 e. The predicted octanol–water partition coefficient (Wildman–Crippen LogP) is 3.33. The molecule has 0 bridgehead atoms. The van der Waals surface area contributed by atoms with Crippen LogP contribution in [-0.4, -0.2) is 0 Å². The summed E-state index contributed by atoms with van der Waals surface area (Å²) in [6.07, 6.45) is 0.240. The average Bonchev–Trinajstić information content (AvgIpc) is 2.44. The van der Waals surface area contributed by atoms with Crippen LogP contribution in [0.5, 0.6) is 11.5 Å². The van der Waals surface area contributed by atoms with Crippen LogP contribution in [0.4, 0.5) is 5.69 Å². The maximum Gasteiger partial charge on any atom is 0.127 e. The van der Waals surface area contributed by atoms with Crippen LogP contribution in [0.25, 0.3) is 0 Å². The minimum Gasteiger partial charge on any atom is -0.457 e. The van der Waals surface area contributed by atoms with Crippen LogP contribution < -0.4 is 10.5 Å². The molecule has 0 aliphatic carbocycles. The quantitative estimate of drug-likeness (QED) is 0.655. The van der Waals surface area contributed by atoms with Gasteiger partial charge in [-0.2, -0.15) is 5.26 Å². The molecule has 0 atom stereocenters. The van der Waals surface area contributed by atoms with E-state index in [9.17, 15) is 0 Å². The molecule has 92 valence electrons. The zero-order valence-electron chi connectivity index (χ0n) is 10.3. The van der Waals surface area contributed by atoms with E-state index in [0.717, 1.165) is 17.1 Å². The maximum atomic E-state index is 8.39. The Morgan fingerprint density at radius 2 is 1.53 bits per heavy atom. The summed E-state index contributed by atoms with van der Waals surface area (Å²) in [6, 6.07) is 16.6. The molecular formula is C16H12N2O. The number of hydrogen-bond donors (Lipinski definition) is 1. The van der Waals surface area contributed by atoms with Gasteiger partial charge in [-0.25, -0.2) is 0 Å². The van der Waals surface area contributed by atoms with E-state index in [0.29, 0.717) is 5.69 Å². The second kappa shape index (κ2) is 6.14. The van der Waals surface area contributed by atoms with Gasteiger partial charge in [0.05, 0.1) is 12.5 Å². The Hall–Kier alpha value is -2.91. The van der Waals surface area contributed by atoms with Gasteiger partial charge in [0, 0.05) is 11.3 Å². The molecule has 19 heavy (non-hydrogen) atoms. The maximum absolute atomic E-state index is 8.39. The molecule has 2 aromatic rings. The molecule has 2 aromatic carbocycles. The van der Waals surface area contributed by atoms with Crippen molar-refractivity contribution in [3.8, 4) is 29.4 Å². The minimum absolute atomic E-state index is 0.240. The number of nitrogen functional groups attached to an aromatic ring is 1. The molecular weight excluding hydrogens is 236 g/mol. The lowest BCUT2D eigenvalue weighted by Crippen LogP contribution is -1.86. The Labute approximate surface area is 112 Å². The van der Waals surface area contributed by atoms with Gasteiger partial charge in [0.1, 0.15) is 11.5 Å². The van der Waals surface area contributed by atoms with Crippen molar-refractivity contribution in [2.75, 3.05) is 5.73 Å². The normalized spacial score (nSPS) is 9.00. The molecule has 3 nitrogen and oxygen atoms in total. The first-order chi connectivity index (χ1) is 9.28. The molecule has 0 spiro atoms. The molecule has 0 aliphatic rings. The van der Waals surface area contributed by atoms with Crippen LogP contribution in [0.1, 0.15) is 12.0 Å². The van der Waals surface area contributed by atoms with Crippen molar-refractivity contribution in [2.45, 2.75) is 6.42 Å². The molecule has 0 amide bonds. The van der Waals surface area contributed by atoms with Crippen molar-refractivity contribution in [1.29, 1.82) is 5.26 Å². The summed E-state index contributed by atoms with van der Waals surface area (Å²) >= 11 is 0. The molecule has 0 fully saturated rings. The number of nitrogens with zero attached hydrogens (tertiary/aromatic N) is 1. The molecule has 3 heteroatoms. The van der Waals surface area contributed by atoms with E-state index < -0.39 is 0 Å². The fourth-order valence-electron chi connectivity index (χ4n) is 1.46. The van der Waals surface area contributed by atoms with E-state index in [1.165, 1.54) is 0 Å². The van der Waals surface area contributed by atoms with E-state index in [1.807, 2.05) is 42.5 Å². The Morgan fingerprint density at radius 1 is 0.947 bits per heavy atom. The summed E-state index contributed by atoms with van der Waals surface area (Å²) in [6.45, 7) is 0. The van der Waals surface area contributed by atoms with Crippen molar-refractivity contribution >= 4 is 5.69 Å². The highest BCUT2D eigenvalue weighted by molar-refractivity contribution is 5.44. The lowest BCUT2D eigenvalue weighted by molar-refractivity contribution is 0.483. The number of rotatable bonds is 2. The van der Waals surface area contributed by atoms with E-state index in [4.69, 9.17) is 15.7 Å². The second-order valence-electron chi connectivity index (χ2n) is 3.83. The molecule has 0 heterocycles. The third-order valence-electron chi connectivity index (χ3n) is 2.37. The SMILES string of the molecule is N#CCC#Cc1ccc(Oc2ccc(N)cc2)cc1. The Bertz CT molecular complexity index is 640. The van der Waals surface area contributed by atoms with Gasteiger partial charge in [0.2, 0.25) is 0 Å². The van der Waals surface area contributed by atoms with Gasteiger partial charge in [0.15, 0.2) is 0 Å². The fourth-order valence-corrected chi connectivity index (χ4v) is 1.46. The molecule has 0 aliphatic heterocycles. The zero-order valence-corrected chi connectivity index (χ0v) is 10.3. The Morgan fingerprint density at radius 3 is 2.11 bits per heavy atom. The number of anilines is 1. The van der Waals surface area contributed by atoms with Gasteiger partial charge in [-0.3, -0.25) is 0 Å². The third-order valence-corrected chi connectivity index (χ3v) is 2.37. The summed E-state index contributed by atoms with van der Waals surface area (Å²) in [5.74, 6) is 7.13. The van der Waals surface area contributed by atoms with Crippen molar-refractivity contribution in [1.82, 2.24) is 0 Å². The first kappa shape index (κ1) is 12.5. The molecule has 0 aromatic heterocycles. The van der Waals surface area contributed by atoms with Crippen LogP contribution in [0, 0.1) is 23.2 Å². The molecule has 0 radical (unpaired) electrons. The highest BCUT2D eigenvalue weighted by atomic mass is 16.5. The highest BCUT2D eigenvalue weighted by Crippen LogP contribution is 2.22. The summed E-state index contributed by atoms with van der Waals surface area (Å²) in [5, 5.41) is 8.39. The lowest BCUT2D eigenvalue weighted by atomic mass is 10.2. The van der Waals surface area contributed by atoms with Gasteiger partial charge in [-0.15, -0.1) is 0 Å². The summed E-state index contributed by atoms with van der Waals surface area (Å²) in [7, 11) is 0. The molecule has 2 N–H and O–H groups in total. The van der Waals surface area contributed by atoms with E-state index >= 15 is 0 Å². The minimum atomic E-state index is 0.240. The van der Waals surface area contributed by atoms with Crippen molar-refractivity contribution in [3.63, 3.8) is 0 Å². The lowest BCUT2D eigenvalue weighted by Gasteiger charge is -2.05. The van der Waals surface area contributed by atoms with E-state index in [2.05, 4.69) is 11.8 Å². The molecule has 0 saturated heterocycles. The summed E-state index contributed by atoms with van der Waals surface area (Å²) in [5.41, 5.74) is 7.17. The van der Waals surface area contributed by atoms with Crippen LogP contribution in [0.15, 0.2) is 48.5 Å². The predicted molar refractivity (Wildman–Crippen MR) is 74.5 cm³/mol. The molecule has 0 unspecified atom stereocenters. The van der Waals surface area contributed by atoms with Crippen LogP contribution in [0.3, 0.4) is 0 Å². The zero-order chi connectivity index (χ0) is 13.5. The number of nitrogens with two attached hydrogens (primary N) is 1. The van der Waals surface area contributed by atoms with E-state index in [-0.39, 0.29) is 6.42 Å². The fraction of sp³-hybridized carbons (Fsp3) is 0.0625. The van der Waals surface area contributed by atoms with Crippen molar-refractivity contribution in [3.05, 3.63) is 54.1 Å². The van der Waals surface area contributed by atoms with E-state index in [1.54, 1.807) is 12.1 Å². The first-order valence-electron chi connectivity index (χ1n) is 5.77. The standard InChI is InChI=1S/C16H12N2O/c17-12-2-1-3-13-4-8-15(9-5-13)19-16-10-6-14(18)7-11-16/h4-11H,2,18H2. The monoisotopic (exact) mass is 248 g/mol. The van der Waals surface area contributed by atoms with Crippen LogP contribution in [-0.2, 0) is 0 Å². The van der Waals surface area contributed by atoms with Gasteiger partial charge in [-0.1, -0.05) is 11.8 Å². The first-order valence-corrected chi connectivity index (χ1v) is 5.77. The van der Waals surface area contributed by atoms with Crippen molar-refractivity contribution in [2.24, 2.45) is 0 Å². The number of ether oxygens (including phenoxy) is 1. The number of benzene rings is 2. The Balaban J connectivity index is 2.05. The average molecular weight is 248 g/mol. The van der Waals surface area contributed by atoms with Crippen LogP contribution in [0.2, 0.25) is 0 Å². The molecule has 0 saturated carbocycles. The second-order valence-corrected chi connectivity index (χ2v) is 3.83. The Kier molecular flexibility index (Phi) is 4.05. The summed E-state index contributed by atoms with van der Waals surface area (Å²) in [4.78, 5) is 0. The molecule has 2 rings (SSSR count). The summed E-state index contributed by atoms with van der Waals surface area (Å²) < 4.78 is 5.66. The van der Waals surface area contributed by atoms with Gasteiger partial charge >= 0.3 is 0 Å². The van der Waals surface area contributed by atoms with Gasteiger partial charge in [0.25, 0.3) is 0 Å². The third kappa shape index (κ3) is 3.80. The topological polar surface area (TPSA) is 59.0 Å².